The summed E-state index contributed by atoms with van der Waals surface area (Å²) in [5, 5.41) is 0. The van der Waals surface area contributed by atoms with Gasteiger partial charge in [0.15, 0.2) is 0 Å². The second-order valence-corrected chi connectivity index (χ2v) is 16.5. The molecule has 60 heavy (non-hydrogen) atoms. The van der Waals surface area contributed by atoms with Crippen molar-refractivity contribution in [3.8, 4) is 11.5 Å². The first kappa shape index (κ1) is 20.2. The lowest BCUT2D eigenvalue weighted by Crippen LogP contribution is -2.65. The Kier molecular flexibility index (Phi) is 4.34. The summed E-state index contributed by atoms with van der Waals surface area (Å²) in [5.41, 5.74) is 10.7. The lowest BCUT2D eigenvalue weighted by atomic mass is 9.30. The molecule has 0 atom stereocenters. The van der Waals surface area contributed by atoms with Gasteiger partial charge in [0.25, 0.3) is 13.4 Å². The number of rotatable bonds is 3. The Morgan fingerprint density at radius 1 is 0.467 bits per heavy atom. The highest BCUT2D eigenvalue weighted by Crippen LogP contribution is 2.48. The van der Waals surface area contributed by atoms with Gasteiger partial charge in [-0.15, -0.1) is 0 Å². The molecule has 2 fully saturated rings. The van der Waals surface area contributed by atoms with Gasteiger partial charge >= 0.3 is 0 Å². The fourth-order valence-corrected chi connectivity index (χ4v) is 11.2. The van der Waals surface area contributed by atoms with E-state index in [9.17, 15) is 11.0 Å². The van der Waals surface area contributed by atoms with Crippen LogP contribution in [-0.2, 0) is 12.8 Å². The summed E-state index contributed by atoms with van der Waals surface area (Å²) in [6, 6.07) is 31.4. The molecule has 0 N–H and O–H groups in total. The van der Waals surface area contributed by atoms with Crippen LogP contribution in [0.3, 0.4) is 0 Å². The third-order valence-electron chi connectivity index (χ3n) is 13.4. The van der Waals surface area contributed by atoms with E-state index in [0.29, 0.717) is 75.4 Å². The predicted octanol–water partition coefficient (Wildman–Crippen LogP) is 7.38. The molecule has 0 aliphatic carbocycles. The Morgan fingerprint density at radius 3 is 1.70 bits per heavy atom. The van der Waals surface area contributed by atoms with Gasteiger partial charge in [-0.25, -0.2) is 0 Å². The maximum Gasteiger partial charge on any atom is 0.256 e. The molecule has 8 aliphatic heterocycles. The molecule has 6 aromatic rings. The molecular formula is C52H49B2N5O. The lowest BCUT2D eigenvalue weighted by Gasteiger charge is -2.47. The highest BCUT2D eigenvalue weighted by molar-refractivity contribution is 7.02. The summed E-state index contributed by atoms with van der Waals surface area (Å²) >= 11 is 0. The van der Waals surface area contributed by atoms with E-state index in [-0.39, 0.29) is 17.1 Å². The molecular weight excluding hydrogens is 732 g/mol. The van der Waals surface area contributed by atoms with Crippen molar-refractivity contribution in [3.05, 3.63) is 114 Å². The standard InChI is InChI=1S/C52H49B2N5O/c1-4-18-36(19-5-1)59-43-33-47-42(54-40-21-11-15-35-17-13-27-58(52(35)40)45-29-38(31-48(60-47)50(45)54)56-24-8-3-9-25-56)32-41(43)53-39-20-10-14-34-16-12-26-57(51(34)39)44-28-37(30-46(59)49(44)53)55-22-6-2-7-23-55/h1,4-5,10-11,14-15,18-21,28-33H,2-3,6-9,12-13,16-17,22-27H2/i2D2,3D2,6D2,7D2,8D2,9D2,22D2,23D2,24D2,25D2. The molecule has 2 saturated heterocycles. The van der Waals surface area contributed by atoms with Crippen molar-refractivity contribution >= 4 is 97.4 Å². The minimum absolute atomic E-state index is 0.133. The molecule has 8 heteroatoms. The highest BCUT2D eigenvalue weighted by Gasteiger charge is 2.48. The number of nitrogens with zero attached hydrogens (tertiary/aromatic N) is 5. The van der Waals surface area contributed by atoms with Crippen molar-refractivity contribution in [2.45, 2.75) is 63.9 Å². The summed E-state index contributed by atoms with van der Waals surface area (Å²) in [5.74, 6) is 0.437. The zero-order valence-electron chi connectivity index (χ0n) is 52.4. The quantitative estimate of drug-likeness (QED) is 0.173. The maximum absolute atomic E-state index is 9.34. The summed E-state index contributed by atoms with van der Waals surface area (Å²) in [7, 11) is 0. The Bertz CT molecular complexity index is 3670. The van der Waals surface area contributed by atoms with Gasteiger partial charge in [0.1, 0.15) is 11.5 Å². The number of hydrogen-bond donors (Lipinski definition) is 0. The summed E-state index contributed by atoms with van der Waals surface area (Å²) in [6.45, 7) is -14.1. The van der Waals surface area contributed by atoms with Crippen molar-refractivity contribution in [2.75, 3.05) is 63.6 Å². The number of fused-ring (bicyclic) bond motifs is 8. The molecule has 6 nitrogen and oxygen atoms in total. The predicted molar refractivity (Wildman–Crippen MR) is 253 cm³/mol. The van der Waals surface area contributed by atoms with Crippen molar-refractivity contribution in [3.63, 3.8) is 0 Å². The Balaban J connectivity index is 1.05. The van der Waals surface area contributed by atoms with Gasteiger partial charge in [0, 0.05) is 130 Å². The van der Waals surface area contributed by atoms with Crippen LogP contribution in [-0.4, -0.2) is 52.5 Å². The van der Waals surface area contributed by atoms with Crippen LogP contribution in [0.15, 0.2) is 103 Å². The number of benzene rings is 6. The first-order chi connectivity index (χ1) is 37.3. The van der Waals surface area contributed by atoms with Crippen LogP contribution in [0.1, 0.15) is 89.6 Å². The first-order valence-corrected chi connectivity index (χ1v) is 20.7. The maximum atomic E-state index is 9.34. The van der Waals surface area contributed by atoms with Crippen molar-refractivity contribution in [1.29, 1.82) is 0 Å². The Hall–Kier alpha value is -5.75. The third kappa shape index (κ3) is 4.73. The van der Waals surface area contributed by atoms with E-state index in [1.54, 1.807) is 6.07 Å². The zero-order valence-corrected chi connectivity index (χ0v) is 32.4. The third-order valence-corrected chi connectivity index (χ3v) is 13.4. The van der Waals surface area contributed by atoms with Gasteiger partial charge in [-0.3, -0.25) is 0 Å². The Morgan fingerprint density at radius 2 is 1.05 bits per heavy atom. The van der Waals surface area contributed by atoms with Crippen LogP contribution in [0.25, 0.3) is 0 Å². The molecule has 0 radical (unpaired) electrons. The van der Waals surface area contributed by atoms with Crippen LogP contribution >= 0.6 is 0 Å². The van der Waals surface area contributed by atoms with Crippen LogP contribution in [0, 0.1) is 0 Å². The average Bonchev–Trinajstić information content (AvgIpc) is 2.25. The van der Waals surface area contributed by atoms with Gasteiger partial charge in [0.05, 0.1) is 0 Å². The first-order valence-electron chi connectivity index (χ1n) is 30.7. The number of aryl methyl sites for hydroxylation is 2. The van der Waals surface area contributed by atoms with E-state index < -0.39 is 77.7 Å². The van der Waals surface area contributed by atoms with Gasteiger partial charge in [-0.05, 0) is 138 Å². The largest absolute Gasteiger partial charge is 0.458 e. The van der Waals surface area contributed by atoms with Crippen LogP contribution < -0.4 is 62.0 Å². The number of hydrogen-bond acceptors (Lipinski definition) is 6. The average molecular weight is 802 g/mol. The SMILES string of the molecule is [2H]C1([2H])N(c2cc3c4c(c2)N2CCCc5cccc(c52)B4c2cc4c(cc2O3)N(c2ccccc2)c2cc(N3C([2H])([2H])C([2H])([2H])C([2H])([2H])C([2H])([2H])C3([2H])[2H])cc3c2B4c2cccc4c2N3CCC4)C([2H])([2H])C([2H])([2H])C([2H])([2H])C1([2H])[2H]. The number of para-hydroxylation sites is 3. The molecule has 0 unspecified atom stereocenters. The minimum Gasteiger partial charge on any atom is -0.458 e. The van der Waals surface area contributed by atoms with Crippen molar-refractivity contribution < 1.29 is 32.2 Å². The van der Waals surface area contributed by atoms with Gasteiger partial charge in [-0.1, -0.05) is 60.7 Å². The molecule has 0 spiro atoms. The second-order valence-electron chi connectivity index (χ2n) is 16.5. The molecule has 0 aromatic heterocycles. The molecule has 6 aromatic carbocycles. The van der Waals surface area contributed by atoms with Crippen LogP contribution in [0.5, 0.6) is 11.5 Å². The summed E-state index contributed by atoms with van der Waals surface area (Å²) in [4.78, 5) is 6.89. The van der Waals surface area contributed by atoms with Gasteiger partial charge < -0.3 is 29.2 Å². The molecule has 8 aliphatic rings. The molecule has 8 heterocycles. The minimum atomic E-state index is -3.65. The molecule has 0 bridgehead atoms. The van der Waals surface area contributed by atoms with Crippen molar-refractivity contribution in [2.24, 2.45) is 0 Å². The number of anilines is 9. The lowest BCUT2D eigenvalue weighted by molar-refractivity contribution is 0.487. The number of piperidine rings is 2. The van der Waals surface area contributed by atoms with Crippen LogP contribution in [0.4, 0.5) is 51.2 Å². The normalized spacial score (nSPS) is 32.2. The van der Waals surface area contributed by atoms with Gasteiger partial charge in [-0.2, -0.15) is 0 Å². The van der Waals surface area contributed by atoms with Crippen molar-refractivity contribution in [1.82, 2.24) is 0 Å². The zero-order chi connectivity index (χ0) is 57.0. The van der Waals surface area contributed by atoms with Gasteiger partial charge in [0.2, 0.25) is 0 Å². The van der Waals surface area contributed by atoms with E-state index in [2.05, 4.69) is 28.0 Å². The van der Waals surface area contributed by atoms with E-state index in [0.717, 1.165) is 62.7 Å². The number of ether oxygens (including phenoxy) is 1. The van der Waals surface area contributed by atoms with E-state index in [4.69, 9.17) is 21.2 Å². The van der Waals surface area contributed by atoms with E-state index in [1.165, 1.54) is 18.2 Å². The topological polar surface area (TPSA) is 25.4 Å². The summed E-state index contributed by atoms with van der Waals surface area (Å²) < 4.78 is 187. The van der Waals surface area contributed by atoms with E-state index >= 15 is 0 Å². The Labute approximate surface area is 382 Å². The fraction of sp³-hybridized carbons (Fsp3) is 0.308. The molecule has 0 saturated carbocycles. The molecule has 14 rings (SSSR count). The monoisotopic (exact) mass is 802 g/mol. The summed E-state index contributed by atoms with van der Waals surface area (Å²) in [6.07, 6.45) is -18.8. The van der Waals surface area contributed by atoms with Crippen LogP contribution in [0.2, 0.25) is 0 Å². The highest BCUT2D eigenvalue weighted by atomic mass is 16.5. The fourth-order valence-electron chi connectivity index (χ4n) is 11.2. The van der Waals surface area contributed by atoms with E-state index in [1.807, 2.05) is 65.6 Å². The smallest absolute Gasteiger partial charge is 0.256 e. The molecule has 0 amide bonds. The molecule has 294 valence electrons. The second kappa shape index (κ2) is 12.9.